The van der Waals surface area contributed by atoms with Crippen molar-refractivity contribution in [1.29, 1.82) is 0 Å². The van der Waals surface area contributed by atoms with Crippen molar-refractivity contribution in [3.8, 4) is 0 Å². The Hall–Kier alpha value is -2.10. The number of aromatic amines is 2. The molecule has 120 valence electrons. The molecule has 23 heavy (non-hydrogen) atoms. The van der Waals surface area contributed by atoms with Gasteiger partial charge in [-0.2, -0.15) is 5.10 Å². The monoisotopic (exact) mass is 332 g/mol. The first-order valence-electron chi connectivity index (χ1n) is 7.38. The SMILES string of the molecule is Cc1nc(C2CN(Cc3nc4ccsc4c(=O)[nH]3)CCO2)n[nH]1. The van der Waals surface area contributed by atoms with Crippen LogP contribution in [0.5, 0.6) is 0 Å². The Morgan fingerprint density at radius 1 is 1.48 bits per heavy atom. The first-order valence-corrected chi connectivity index (χ1v) is 8.26. The van der Waals surface area contributed by atoms with Crippen LogP contribution in [0.4, 0.5) is 0 Å². The normalized spacial score (nSPS) is 19.4. The molecule has 0 spiro atoms. The average Bonchev–Trinajstić information content (AvgIpc) is 3.16. The average molecular weight is 332 g/mol. The number of hydrogen-bond donors (Lipinski definition) is 2. The van der Waals surface area contributed by atoms with Crippen LogP contribution in [0.1, 0.15) is 23.6 Å². The minimum absolute atomic E-state index is 0.0746. The number of rotatable bonds is 3. The van der Waals surface area contributed by atoms with Crippen molar-refractivity contribution in [3.05, 3.63) is 39.3 Å². The molecule has 3 aromatic rings. The topological polar surface area (TPSA) is 99.8 Å². The van der Waals surface area contributed by atoms with Gasteiger partial charge in [-0.3, -0.25) is 14.8 Å². The molecule has 1 aliphatic heterocycles. The summed E-state index contributed by atoms with van der Waals surface area (Å²) in [7, 11) is 0. The van der Waals surface area contributed by atoms with Gasteiger partial charge in [-0.05, 0) is 18.4 Å². The Bertz CT molecular complexity index is 885. The number of ether oxygens (including phenoxy) is 1. The van der Waals surface area contributed by atoms with Gasteiger partial charge in [0.2, 0.25) is 0 Å². The van der Waals surface area contributed by atoms with Crippen LogP contribution in [-0.2, 0) is 11.3 Å². The predicted octanol–water partition coefficient (Wildman–Crippen LogP) is 0.985. The van der Waals surface area contributed by atoms with Gasteiger partial charge in [0.15, 0.2) is 5.82 Å². The number of thiophene rings is 1. The largest absolute Gasteiger partial charge is 0.367 e. The summed E-state index contributed by atoms with van der Waals surface area (Å²) in [4.78, 5) is 26.0. The Morgan fingerprint density at radius 3 is 3.22 bits per heavy atom. The number of hydrogen-bond acceptors (Lipinski definition) is 7. The third-order valence-corrected chi connectivity index (χ3v) is 4.69. The van der Waals surface area contributed by atoms with Crippen LogP contribution < -0.4 is 5.56 Å². The van der Waals surface area contributed by atoms with Gasteiger partial charge in [0.05, 0.1) is 18.7 Å². The molecule has 3 aromatic heterocycles. The van der Waals surface area contributed by atoms with Gasteiger partial charge in [0.1, 0.15) is 22.5 Å². The van der Waals surface area contributed by atoms with E-state index in [9.17, 15) is 4.79 Å². The number of aromatic nitrogens is 5. The van der Waals surface area contributed by atoms with E-state index >= 15 is 0 Å². The van der Waals surface area contributed by atoms with Gasteiger partial charge in [-0.1, -0.05) is 0 Å². The molecule has 1 saturated heterocycles. The smallest absolute Gasteiger partial charge is 0.268 e. The third kappa shape index (κ3) is 2.90. The Labute approximate surface area is 135 Å². The molecule has 4 rings (SSSR count). The zero-order valence-electron chi connectivity index (χ0n) is 12.6. The van der Waals surface area contributed by atoms with Gasteiger partial charge in [0, 0.05) is 13.1 Å². The van der Waals surface area contributed by atoms with Crippen molar-refractivity contribution in [2.75, 3.05) is 19.7 Å². The van der Waals surface area contributed by atoms with Gasteiger partial charge in [0.25, 0.3) is 5.56 Å². The summed E-state index contributed by atoms with van der Waals surface area (Å²) in [5, 5.41) is 8.89. The lowest BCUT2D eigenvalue weighted by atomic mass is 10.2. The maximum atomic E-state index is 12.0. The highest BCUT2D eigenvalue weighted by atomic mass is 32.1. The second-order valence-electron chi connectivity index (χ2n) is 5.52. The minimum Gasteiger partial charge on any atom is -0.367 e. The number of fused-ring (bicyclic) bond motifs is 1. The number of nitrogens with one attached hydrogen (secondary N) is 2. The number of H-pyrrole nitrogens is 2. The van der Waals surface area contributed by atoms with E-state index in [2.05, 4.69) is 30.0 Å². The number of morpholine rings is 1. The first-order chi connectivity index (χ1) is 11.2. The maximum Gasteiger partial charge on any atom is 0.268 e. The highest BCUT2D eigenvalue weighted by Gasteiger charge is 2.25. The second-order valence-corrected chi connectivity index (χ2v) is 6.44. The van der Waals surface area contributed by atoms with E-state index in [1.54, 1.807) is 0 Å². The molecular weight excluding hydrogens is 316 g/mol. The van der Waals surface area contributed by atoms with Crippen LogP contribution in [-0.4, -0.2) is 49.7 Å². The highest BCUT2D eigenvalue weighted by molar-refractivity contribution is 7.17. The van der Waals surface area contributed by atoms with Crippen LogP contribution in [0.3, 0.4) is 0 Å². The molecule has 0 amide bonds. The quantitative estimate of drug-likeness (QED) is 0.742. The van der Waals surface area contributed by atoms with E-state index in [0.717, 1.165) is 17.9 Å². The van der Waals surface area contributed by atoms with Crippen LogP contribution in [0, 0.1) is 6.92 Å². The third-order valence-electron chi connectivity index (χ3n) is 3.79. The molecule has 1 aliphatic rings. The van der Waals surface area contributed by atoms with E-state index < -0.39 is 0 Å². The zero-order chi connectivity index (χ0) is 15.8. The summed E-state index contributed by atoms with van der Waals surface area (Å²) in [5.41, 5.74) is 0.678. The first kappa shape index (κ1) is 14.5. The summed E-state index contributed by atoms with van der Waals surface area (Å²) < 4.78 is 6.42. The lowest BCUT2D eigenvalue weighted by Gasteiger charge is -2.31. The lowest BCUT2D eigenvalue weighted by Crippen LogP contribution is -2.38. The van der Waals surface area contributed by atoms with Crippen LogP contribution in [0.25, 0.3) is 10.2 Å². The van der Waals surface area contributed by atoms with E-state index in [4.69, 9.17) is 4.74 Å². The molecule has 1 atom stereocenters. The molecule has 0 bridgehead atoms. The van der Waals surface area contributed by atoms with Crippen molar-refractivity contribution < 1.29 is 4.74 Å². The van der Waals surface area contributed by atoms with Gasteiger partial charge >= 0.3 is 0 Å². The van der Waals surface area contributed by atoms with E-state index in [1.807, 2.05) is 18.4 Å². The van der Waals surface area contributed by atoms with Crippen molar-refractivity contribution in [1.82, 2.24) is 30.0 Å². The summed E-state index contributed by atoms with van der Waals surface area (Å²) in [6, 6.07) is 1.87. The molecule has 0 saturated carbocycles. The lowest BCUT2D eigenvalue weighted by molar-refractivity contribution is -0.0377. The van der Waals surface area contributed by atoms with Crippen molar-refractivity contribution >= 4 is 21.6 Å². The summed E-state index contributed by atoms with van der Waals surface area (Å²) in [6.45, 7) is 4.49. The van der Waals surface area contributed by atoms with Crippen LogP contribution in [0.15, 0.2) is 16.2 Å². The maximum absolute atomic E-state index is 12.0. The predicted molar refractivity (Wildman–Crippen MR) is 85.3 cm³/mol. The Morgan fingerprint density at radius 2 is 2.39 bits per heavy atom. The fraction of sp³-hybridized carbons (Fsp3) is 0.429. The fourth-order valence-corrected chi connectivity index (χ4v) is 3.44. The molecule has 1 unspecified atom stereocenters. The van der Waals surface area contributed by atoms with E-state index in [1.165, 1.54) is 11.3 Å². The highest BCUT2D eigenvalue weighted by Crippen LogP contribution is 2.20. The molecule has 0 aliphatic carbocycles. The molecule has 9 heteroatoms. The second kappa shape index (κ2) is 5.84. The van der Waals surface area contributed by atoms with E-state index in [0.29, 0.717) is 36.0 Å². The summed E-state index contributed by atoms with van der Waals surface area (Å²) >= 11 is 1.41. The van der Waals surface area contributed by atoms with Crippen molar-refractivity contribution in [3.63, 3.8) is 0 Å². The molecule has 8 nitrogen and oxygen atoms in total. The summed E-state index contributed by atoms with van der Waals surface area (Å²) in [6.07, 6.45) is -0.162. The van der Waals surface area contributed by atoms with Gasteiger partial charge in [-0.25, -0.2) is 9.97 Å². The molecule has 1 fully saturated rings. The van der Waals surface area contributed by atoms with E-state index in [-0.39, 0.29) is 11.7 Å². The Balaban J connectivity index is 1.52. The summed E-state index contributed by atoms with van der Waals surface area (Å²) in [5.74, 6) is 2.12. The van der Waals surface area contributed by atoms with Crippen LogP contribution in [0.2, 0.25) is 0 Å². The van der Waals surface area contributed by atoms with Gasteiger partial charge < -0.3 is 9.72 Å². The molecule has 0 aromatic carbocycles. The standard InChI is InChI=1S/C14H16N6O2S/c1-8-15-13(19-18-8)10-6-20(3-4-22-10)7-11-16-9-2-5-23-12(9)14(21)17-11/h2,5,10H,3-4,6-7H2,1H3,(H,15,18,19)(H,16,17,21). The molecule has 0 radical (unpaired) electrons. The Kier molecular flexibility index (Phi) is 3.68. The molecular formula is C14H16N6O2S. The van der Waals surface area contributed by atoms with Crippen molar-refractivity contribution in [2.45, 2.75) is 19.6 Å². The molecule has 4 heterocycles. The zero-order valence-corrected chi connectivity index (χ0v) is 13.4. The van der Waals surface area contributed by atoms with Gasteiger partial charge in [-0.15, -0.1) is 11.3 Å². The van der Waals surface area contributed by atoms with Crippen molar-refractivity contribution in [2.24, 2.45) is 0 Å². The van der Waals surface area contributed by atoms with Crippen LogP contribution >= 0.6 is 11.3 Å². The number of nitrogens with zero attached hydrogens (tertiary/aromatic N) is 4. The number of aryl methyl sites for hydroxylation is 1. The fourth-order valence-electron chi connectivity index (χ4n) is 2.71. The molecule has 2 N–H and O–H groups in total. The minimum atomic E-state index is -0.162.